The molecular formula is C14H10F2N2O3. The van der Waals surface area contributed by atoms with Gasteiger partial charge in [0.15, 0.2) is 17.3 Å². The fraction of sp³-hybridized carbons (Fsp3) is 0.214. The maximum Gasteiger partial charge on any atom is 0.357 e. The lowest BCUT2D eigenvalue weighted by Crippen LogP contribution is -2.15. The first-order valence-electron chi connectivity index (χ1n) is 6.33. The first-order chi connectivity index (χ1) is 9.99. The highest BCUT2D eigenvalue weighted by molar-refractivity contribution is 6.06. The van der Waals surface area contributed by atoms with Gasteiger partial charge in [0.2, 0.25) is 0 Å². The topological polar surface area (TPSA) is 72.2 Å². The highest BCUT2D eigenvalue weighted by atomic mass is 19.1. The standard InChI is InChI=1S/C14H10F2N2O3/c15-7-4-5-9(8(16)6-7)18-10-2-1-3-11(19)12(10)13(17-18)14(20)21/h4-6H,1-3H2,(H,20,21). The fourth-order valence-corrected chi connectivity index (χ4v) is 2.52. The number of ketones is 1. The van der Waals surface area contributed by atoms with E-state index in [0.29, 0.717) is 24.6 Å². The number of hydrogen-bond acceptors (Lipinski definition) is 3. The largest absolute Gasteiger partial charge is 0.476 e. The van der Waals surface area contributed by atoms with E-state index in [2.05, 4.69) is 5.10 Å². The van der Waals surface area contributed by atoms with Crippen molar-refractivity contribution in [3.63, 3.8) is 0 Å². The van der Waals surface area contributed by atoms with Gasteiger partial charge in [0, 0.05) is 12.5 Å². The van der Waals surface area contributed by atoms with Crippen LogP contribution in [-0.4, -0.2) is 26.6 Å². The van der Waals surface area contributed by atoms with Crippen LogP contribution in [0.5, 0.6) is 0 Å². The number of carbonyl (C=O) groups excluding carboxylic acids is 1. The summed E-state index contributed by atoms with van der Waals surface area (Å²) in [5.74, 6) is -3.27. The van der Waals surface area contributed by atoms with E-state index in [-0.39, 0.29) is 23.5 Å². The molecule has 0 spiro atoms. The molecule has 1 aromatic heterocycles. The maximum atomic E-state index is 13.9. The van der Waals surface area contributed by atoms with Gasteiger partial charge in [-0.3, -0.25) is 4.79 Å². The number of halogens is 2. The molecule has 1 aromatic carbocycles. The molecule has 21 heavy (non-hydrogen) atoms. The van der Waals surface area contributed by atoms with E-state index < -0.39 is 23.3 Å². The van der Waals surface area contributed by atoms with Crippen molar-refractivity contribution in [1.29, 1.82) is 0 Å². The Bertz CT molecular complexity index is 768. The van der Waals surface area contributed by atoms with Crippen LogP contribution in [0.25, 0.3) is 5.69 Å². The van der Waals surface area contributed by atoms with Gasteiger partial charge in [0.1, 0.15) is 11.5 Å². The lowest BCUT2D eigenvalue weighted by Gasteiger charge is -2.13. The number of rotatable bonds is 2. The van der Waals surface area contributed by atoms with Crippen molar-refractivity contribution in [3.05, 3.63) is 46.8 Å². The number of carboxylic acids is 1. The lowest BCUT2D eigenvalue weighted by atomic mass is 9.94. The molecule has 3 rings (SSSR count). The third kappa shape index (κ3) is 2.10. The second-order valence-electron chi connectivity index (χ2n) is 4.76. The summed E-state index contributed by atoms with van der Waals surface area (Å²) in [6, 6.07) is 2.91. The SMILES string of the molecule is O=C(O)c1nn(-c2ccc(F)cc2F)c2c1C(=O)CCC2. The fourth-order valence-electron chi connectivity index (χ4n) is 2.52. The van der Waals surface area contributed by atoms with Crippen LogP contribution in [0.15, 0.2) is 18.2 Å². The Balaban J connectivity index is 2.26. The molecule has 2 aromatic rings. The summed E-state index contributed by atoms with van der Waals surface area (Å²) < 4.78 is 27.9. The van der Waals surface area contributed by atoms with E-state index >= 15 is 0 Å². The van der Waals surface area contributed by atoms with Crippen molar-refractivity contribution in [3.8, 4) is 5.69 Å². The molecule has 0 bridgehead atoms. The predicted molar refractivity (Wildman–Crippen MR) is 67.7 cm³/mol. The molecule has 1 aliphatic carbocycles. The zero-order valence-electron chi connectivity index (χ0n) is 10.8. The Morgan fingerprint density at radius 3 is 2.71 bits per heavy atom. The monoisotopic (exact) mass is 292 g/mol. The summed E-state index contributed by atoms with van der Waals surface area (Å²) in [6.07, 6.45) is 1.20. The maximum absolute atomic E-state index is 13.9. The van der Waals surface area contributed by atoms with Crippen LogP contribution in [-0.2, 0) is 6.42 Å². The minimum Gasteiger partial charge on any atom is -0.476 e. The van der Waals surface area contributed by atoms with E-state index in [4.69, 9.17) is 5.11 Å². The molecule has 0 radical (unpaired) electrons. The van der Waals surface area contributed by atoms with E-state index in [0.717, 1.165) is 10.7 Å². The molecule has 7 heteroatoms. The molecule has 0 fully saturated rings. The summed E-state index contributed by atoms with van der Waals surface area (Å²) in [5.41, 5.74) is -0.0834. The van der Waals surface area contributed by atoms with Crippen LogP contribution >= 0.6 is 0 Å². The van der Waals surface area contributed by atoms with Crippen LogP contribution in [0.2, 0.25) is 0 Å². The van der Waals surface area contributed by atoms with Crippen molar-refractivity contribution in [1.82, 2.24) is 9.78 Å². The van der Waals surface area contributed by atoms with Gasteiger partial charge in [0.05, 0.1) is 11.3 Å². The average molecular weight is 292 g/mol. The number of carboxylic acid groups (broad SMARTS) is 1. The van der Waals surface area contributed by atoms with Crippen molar-refractivity contribution in [2.45, 2.75) is 19.3 Å². The molecule has 1 N–H and O–H groups in total. The van der Waals surface area contributed by atoms with Crippen LogP contribution in [0, 0.1) is 11.6 Å². The first-order valence-corrected chi connectivity index (χ1v) is 6.33. The number of carbonyl (C=O) groups is 2. The second-order valence-corrected chi connectivity index (χ2v) is 4.76. The van der Waals surface area contributed by atoms with Gasteiger partial charge >= 0.3 is 5.97 Å². The van der Waals surface area contributed by atoms with E-state index in [9.17, 15) is 18.4 Å². The van der Waals surface area contributed by atoms with Gasteiger partial charge in [-0.25, -0.2) is 18.3 Å². The van der Waals surface area contributed by atoms with Gasteiger partial charge in [-0.05, 0) is 25.0 Å². The molecular weight excluding hydrogens is 282 g/mol. The van der Waals surface area contributed by atoms with Gasteiger partial charge in [0.25, 0.3) is 0 Å². The third-order valence-corrected chi connectivity index (χ3v) is 3.42. The number of Topliss-reactive ketones (excluding diaryl/α,β-unsaturated/α-hetero) is 1. The van der Waals surface area contributed by atoms with E-state index in [1.807, 2.05) is 0 Å². The molecule has 0 amide bonds. The number of hydrogen-bond donors (Lipinski definition) is 1. The van der Waals surface area contributed by atoms with Crippen molar-refractivity contribution < 1.29 is 23.5 Å². The first kappa shape index (κ1) is 13.4. The quantitative estimate of drug-likeness (QED) is 0.922. The molecule has 1 aliphatic rings. The second kappa shape index (κ2) is 4.76. The van der Waals surface area contributed by atoms with Crippen molar-refractivity contribution >= 4 is 11.8 Å². The summed E-state index contributed by atoms with van der Waals surface area (Å²) in [6.45, 7) is 0. The molecule has 0 unspecified atom stereocenters. The molecule has 108 valence electrons. The minimum atomic E-state index is -1.34. The normalized spacial score (nSPS) is 14.1. The molecule has 0 saturated carbocycles. The Morgan fingerprint density at radius 1 is 1.29 bits per heavy atom. The summed E-state index contributed by atoms with van der Waals surface area (Å²) in [7, 11) is 0. The third-order valence-electron chi connectivity index (χ3n) is 3.42. The van der Waals surface area contributed by atoms with Gasteiger partial charge in [-0.15, -0.1) is 0 Å². The Morgan fingerprint density at radius 2 is 2.05 bits per heavy atom. The van der Waals surface area contributed by atoms with Crippen LogP contribution in [0.4, 0.5) is 8.78 Å². The van der Waals surface area contributed by atoms with Crippen LogP contribution in [0.3, 0.4) is 0 Å². The highest BCUT2D eigenvalue weighted by Crippen LogP contribution is 2.28. The van der Waals surface area contributed by atoms with Crippen molar-refractivity contribution in [2.24, 2.45) is 0 Å². The summed E-state index contributed by atoms with van der Waals surface area (Å²) >= 11 is 0. The van der Waals surface area contributed by atoms with E-state index in [1.54, 1.807) is 0 Å². The molecule has 0 saturated heterocycles. The smallest absolute Gasteiger partial charge is 0.357 e. The van der Waals surface area contributed by atoms with Gasteiger partial charge < -0.3 is 5.11 Å². The average Bonchev–Trinajstić information content (AvgIpc) is 2.80. The Hall–Kier alpha value is -2.57. The predicted octanol–water partition coefficient (Wildman–Crippen LogP) is 2.37. The number of nitrogens with zero attached hydrogens (tertiary/aromatic N) is 2. The van der Waals surface area contributed by atoms with Gasteiger partial charge in [-0.2, -0.15) is 5.10 Å². The number of benzene rings is 1. The van der Waals surface area contributed by atoms with Gasteiger partial charge in [-0.1, -0.05) is 0 Å². The summed E-state index contributed by atoms with van der Waals surface area (Å²) in [4.78, 5) is 23.1. The Labute approximate surface area is 117 Å². The molecule has 1 heterocycles. The minimum absolute atomic E-state index is 0.0254. The van der Waals surface area contributed by atoms with Crippen LogP contribution in [0.1, 0.15) is 39.4 Å². The lowest BCUT2D eigenvalue weighted by molar-refractivity contribution is 0.0684. The highest BCUT2D eigenvalue weighted by Gasteiger charge is 2.31. The number of fused-ring (bicyclic) bond motifs is 1. The molecule has 0 atom stereocenters. The molecule has 0 aliphatic heterocycles. The number of aromatic nitrogens is 2. The summed E-state index contributed by atoms with van der Waals surface area (Å²) in [5, 5.41) is 13.0. The number of aromatic carboxylic acids is 1. The molecule has 5 nitrogen and oxygen atoms in total. The zero-order valence-corrected chi connectivity index (χ0v) is 10.8. The Kier molecular flexibility index (Phi) is 3.04. The zero-order chi connectivity index (χ0) is 15.1. The van der Waals surface area contributed by atoms with Crippen LogP contribution < -0.4 is 0 Å². The van der Waals surface area contributed by atoms with Crippen molar-refractivity contribution in [2.75, 3.05) is 0 Å². The van der Waals surface area contributed by atoms with E-state index in [1.165, 1.54) is 6.07 Å².